The fourth-order valence-electron chi connectivity index (χ4n) is 2.58. The van der Waals surface area contributed by atoms with Gasteiger partial charge >= 0.3 is 0 Å². The number of methoxy groups -OCH3 is 1. The van der Waals surface area contributed by atoms with Crippen LogP contribution in [0, 0.1) is 0 Å². The van der Waals surface area contributed by atoms with Crippen LogP contribution in [0.4, 0.5) is 0 Å². The molecular weight excluding hydrogens is 244 g/mol. The lowest BCUT2D eigenvalue weighted by molar-refractivity contribution is -0.154. The van der Waals surface area contributed by atoms with Crippen molar-refractivity contribution in [1.82, 2.24) is 0 Å². The first-order valence-electron chi connectivity index (χ1n) is 6.76. The normalized spacial score (nSPS) is 19.9. The molecule has 1 fully saturated rings. The fourth-order valence-corrected chi connectivity index (χ4v) is 2.58. The molecule has 2 rings (SSSR count). The minimum Gasteiger partial charge on any atom is -0.493 e. The zero-order valence-corrected chi connectivity index (χ0v) is 11.6. The van der Waals surface area contributed by atoms with Gasteiger partial charge in [0.25, 0.3) is 0 Å². The number of rotatable bonds is 5. The summed E-state index contributed by atoms with van der Waals surface area (Å²) in [5, 5.41) is 10.7. The lowest BCUT2D eigenvalue weighted by Crippen LogP contribution is -2.43. The molecule has 0 radical (unpaired) electrons. The number of aliphatic hydroxyl groups is 1. The van der Waals surface area contributed by atoms with Gasteiger partial charge in [-0.2, -0.15) is 0 Å². The van der Waals surface area contributed by atoms with Crippen molar-refractivity contribution in [3.05, 3.63) is 29.8 Å². The maximum absolute atomic E-state index is 10.7. The molecule has 106 valence electrons. The zero-order chi connectivity index (χ0) is 13.7. The van der Waals surface area contributed by atoms with E-state index in [9.17, 15) is 5.11 Å². The predicted octanol–water partition coefficient (Wildman–Crippen LogP) is 2.31. The third kappa shape index (κ3) is 2.91. The molecule has 0 saturated carbocycles. The third-order valence-electron chi connectivity index (χ3n) is 3.76. The fraction of sp³-hybridized carbons (Fsp3) is 0.600. The van der Waals surface area contributed by atoms with E-state index in [0.717, 1.165) is 11.3 Å². The molecule has 1 aromatic carbocycles. The molecule has 1 N–H and O–H groups in total. The van der Waals surface area contributed by atoms with E-state index < -0.39 is 11.7 Å². The van der Waals surface area contributed by atoms with Crippen molar-refractivity contribution in [3.63, 3.8) is 0 Å². The van der Waals surface area contributed by atoms with Crippen molar-refractivity contribution in [3.8, 4) is 5.75 Å². The molecule has 19 heavy (non-hydrogen) atoms. The van der Waals surface area contributed by atoms with Crippen LogP contribution in [0.3, 0.4) is 0 Å². The summed E-state index contributed by atoms with van der Waals surface area (Å²) in [6, 6.07) is 7.59. The maximum atomic E-state index is 10.7. The van der Waals surface area contributed by atoms with Crippen LogP contribution in [0.25, 0.3) is 0 Å². The summed E-state index contributed by atoms with van der Waals surface area (Å²) in [5.41, 5.74) is 0.207. The molecule has 0 amide bonds. The highest BCUT2D eigenvalue weighted by molar-refractivity contribution is 5.36. The summed E-state index contributed by atoms with van der Waals surface area (Å²) in [6.45, 7) is 3.74. The van der Waals surface area contributed by atoms with E-state index in [1.165, 1.54) is 0 Å². The standard InChI is InChI=1S/C15H22O4/c1-3-19-13-7-5-4-6-12(13)14(16)15(17-2)8-10-18-11-9-15/h4-7,14,16H,3,8-11H2,1-2H3. The molecular formula is C15H22O4. The molecule has 0 spiro atoms. The van der Waals surface area contributed by atoms with Gasteiger partial charge in [-0.3, -0.25) is 0 Å². The van der Waals surface area contributed by atoms with Gasteiger partial charge in [0.05, 0.1) is 6.61 Å². The minimum atomic E-state index is -0.704. The summed E-state index contributed by atoms with van der Waals surface area (Å²) in [6.07, 6.45) is 0.667. The number of hydrogen-bond donors (Lipinski definition) is 1. The quantitative estimate of drug-likeness (QED) is 0.888. The van der Waals surface area contributed by atoms with E-state index in [1.54, 1.807) is 7.11 Å². The van der Waals surface area contributed by atoms with Gasteiger partial charge in [0.1, 0.15) is 17.5 Å². The van der Waals surface area contributed by atoms with Crippen LogP contribution in [0.2, 0.25) is 0 Å². The highest BCUT2D eigenvalue weighted by Crippen LogP contribution is 2.40. The number of ether oxygens (including phenoxy) is 3. The highest BCUT2D eigenvalue weighted by Gasteiger charge is 2.41. The molecule has 4 heteroatoms. The number of para-hydroxylation sites is 1. The average molecular weight is 266 g/mol. The van der Waals surface area contributed by atoms with Crippen molar-refractivity contribution < 1.29 is 19.3 Å². The number of benzene rings is 1. The van der Waals surface area contributed by atoms with Crippen LogP contribution in [0.1, 0.15) is 31.4 Å². The molecule has 1 saturated heterocycles. The Bertz CT molecular complexity index is 399. The SMILES string of the molecule is CCOc1ccccc1C(O)C1(OC)CCOCC1. The second-order valence-corrected chi connectivity index (χ2v) is 4.75. The lowest BCUT2D eigenvalue weighted by atomic mass is 9.84. The van der Waals surface area contributed by atoms with E-state index in [2.05, 4.69) is 0 Å². The minimum absolute atomic E-state index is 0.576. The van der Waals surface area contributed by atoms with Crippen molar-refractivity contribution in [2.45, 2.75) is 31.5 Å². The Labute approximate surface area is 114 Å². The zero-order valence-electron chi connectivity index (χ0n) is 11.6. The van der Waals surface area contributed by atoms with Crippen LogP contribution in [-0.4, -0.2) is 37.6 Å². The van der Waals surface area contributed by atoms with Crippen LogP contribution < -0.4 is 4.74 Å². The topological polar surface area (TPSA) is 47.9 Å². The highest BCUT2D eigenvalue weighted by atomic mass is 16.5. The van der Waals surface area contributed by atoms with Crippen LogP contribution in [-0.2, 0) is 9.47 Å². The largest absolute Gasteiger partial charge is 0.493 e. The molecule has 1 atom stereocenters. The van der Waals surface area contributed by atoms with Crippen molar-refractivity contribution in [2.24, 2.45) is 0 Å². The van der Waals surface area contributed by atoms with Crippen LogP contribution in [0.15, 0.2) is 24.3 Å². The van der Waals surface area contributed by atoms with E-state index in [4.69, 9.17) is 14.2 Å². The Morgan fingerprint density at radius 1 is 1.32 bits per heavy atom. The Balaban J connectivity index is 2.28. The van der Waals surface area contributed by atoms with Crippen LogP contribution in [0.5, 0.6) is 5.75 Å². The maximum Gasteiger partial charge on any atom is 0.125 e. The Kier molecular flexibility index (Phi) is 4.80. The van der Waals surface area contributed by atoms with E-state index in [1.807, 2.05) is 31.2 Å². The molecule has 1 unspecified atom stereocenters. The van der Waals surface area contributed by atoms with Crippen LogP contribution >= 0.6 is 0 Å². The van der Waals surface area contributed by atoms with Crippen molar-refractivity contribution >= 4 is 0 Å². The van der Waals surface area contributed by atoms with Gasteiger partial charge in [-0.1, -0.05) is 18.2 Å². The summed E-state index contributed by atoms with van der Waals surface area (Å²) in [7, 11) is 1.65. The number of aliphatic hydroxyl groups excluding tert-OH is 1. The molecule has 1 heterocycles. The lowest BCUT2D eigenvalue weighted by Gasteiger charge is -2.40. The second-order valence-electron chi connectivity index (χ2n) is 4.75. The van der Waals surface area contributed by atoms with Gasteiger partial charge in [-0.05, 0) is 13.0 Å². The van der Waals surface area contributed by atoms with E-state index in [-0.39, 0.29) is 0 Å². The third-order valence-corrected chi connectivity index (χ3v) is 3.76. The summed E-state index contributed by atoms with van der Waals surface area (Å²) in [4.78, 5) is 0. The summed E-state index contributed by atoms with van der Waals surface area (Å²) < 4.78 is 16.6. The van der Waals surface area contributed by atoms with E-state index >= 15 is 0 Å². The first-order valence-corrected chi connectivity index (χ1v) is 6.76. The molecule has 0 bridgehead atoms. The molecule has 4 nitrogen and oxygen atoms in total. The monoisotopic (exact) mass is 266 g/mol. The van der Waals surface area contributed by atoms with Crippen molar-refractivity contribution in [1.29, 1.82) is 0 Å². The summed E-state index contributed by atoms with van der Waals surface area (Å²) in [5.74, 6) is 0.723. The Hall–Kier alpha value is -1.10. The Morgan fingerprint density at radius 2 is 2.00 bits per heavy atom. The average Bonchev–Trinajstić information content (AvgIpc) is 2.48. The summed E-state index contributed by atoms with van der Waals surface area (Å²) >= 11 is 0. The van der Waals surface area contributed by atoms with E-state index in [0.29, 0.717) is 32.7 Å². The van der Waals surface area contributed by atoms with Gasteiger partial charge in [-0.15, -0.1) is 0 Å². The first kappa shape index (κ1) is 14.3. The van der Waals surface area contributed by atoms with Gasteiger partial charge < -0.3 is 19.3 Å². The smallest absolute Gasteiger partial charge is 0.125 e. The van der Waals surface area contributed by atoms with Gasteiger partial charge in [0, 0.05) is 38.7 Å². The molecule has 0 aliphatic carbocycles. The molecule has 1 aromatic rings. The first-order chi connectivity index (χ1) is 9.23. The van der Waals surface area contributed by atoms with Gasteiger partial charge in [-0.25, -0.2) is 0 Å². The Morgan fingerprint density at radius 3 is 2.63 bits per heavy atom. The molecule has 1 aliphatic heterocycles. The predicted molar refractivity (Wildman–Crippen MR) is 72.4 cm³/mol. The van der Waals surface area contributed by atoms with Crippen molar-refractivity contribution in [2.75, 3.05) is 26.9 Å². The molecule has 0 aromatic heterocycles. The second kappa shape index (κ2) is 6.37. The van der Waals surface area contributed by atoms with Gasteiger partial charge in [0.2, 0.25) is 0 Å². The molecule has 1 aliphatic rings. The van der Waals surface area contributed by atoms with Gasteiger partial charge in [0.15, 0.2) is 0 Å². The number of hydrogen-bond acceptors (Lipinski definition) is 4.